The van der Waals surface area contributed by atoms with Gasteiger partial charge < -0.3 is 9.84 Å². The van der Waals surface area contributed by atoms with Crippen molar-refractivity contribution in [3.63, 3.8) is 0 Å². The number of ether oxygens (including phenoxy) is 1. The second-order valence-corrected chi connectivity index (χ2v) is 4.45. The number of phenolic OH excluding ortho intramolecular Hbond substituents is 1. The first-order valence-corrected chi connectivity index (χ1v) is 5.10. The van der Waals surface area contributed by atoms with Gasteiger partial charge in [-0.15, -0.1) is 0 Å². The zero-order valence-corrected chi connectivity index (χ0v) is 8.49. The van der Waals surface area contributed by atoms with Gasteiger partial charge in [0.1, 0.15) is 11.5 Å². The fraction of sp³-hybridized carbons (Fsp3) is 0.500. The molecule has 14 heavy (non-hydrogen) atoms. The van der Waals surface area contributed by atoms with E-state index in [1.165, 1.54) is 19.3 Å². The molecule has 1 aliphatic rings. The van der Waals surface area contributed by atoms with Crippen LogP contribution in [0.25, 0.3) is 0 Å². The topological polar surface area (TPSA) is 29.5 Å². The predicted molar refractivity (Wildman–Crippen MR) is 55.6 cm³/mol. The molecule has 0 aromatic heterocycles. The molecule has 1 aromatic carbocycles. The molecule has 0 unspecified atom stereocenters. The van der Waals surface area contributed by atoms with Gasteiger partial charge in [0.15, 0.2) is 0 Å². The van der Waals surface area contributed by atoms with Gasteiger partial charge in [0.25, 0.3) is 0 Å². The maximum Gasteiger partial charge on any atom is 0.123 e. The summed E-state index contributed by atoms with van der Waals surface area (Å²) in [5.74, 6) is 1.03. The van der Waals surface area contributed by atoms with Crippen LogP contribution in [-0.4, -0.2) is 11.7 Å². The van der Waals surface area contributed by atoms with Crippen LogP contribution in [0.5, 0.6) is 11.5 Å². The average molecular weight is 192 g/mol. The first-order chi connectivity index (χ1) is 6.68. The Hall–Kier alpha value is -1.18. The van der Waals surface area contributed by atoms with Crippen LogP contribution in [0.2, 0.25) is 0 Å². The highest BCUT2D eigenvalue weighted by Gasteiger charge is 2.32. The molecule has 0 amide bonds. The molecule has 2 heteroatoms. The zero-order chi connectivity index (χ0) is 10.0. The van der Waals surface area contributed by atoms with Crippen LogP contribution < -0.4 is 4.74 Å². The molecule has 1 fully saturated rings. The summed E-state index contributed by atoms with van der Waals surface area (Å²) in [6, 6.07) is 6.98. The van der Waals surface area contributed by atoms with Gasteiger partial charge in [-0.25, -0.2) is 0 Å². The molecule has 0 saturated heterocycles. The lowest BCUT2D eigenvalue weighted by Crippen LogP contribution is -2.32. The number of benzene rings is 1. The van der Waals surface area contributed by atoms with Crippen LogP contribution in [0.15, 0.2) is 24.3 Å². The Bertz CT molecular complexity index is 316. The quantitative estimate of drug-likeness (QED) is 0.797. The van der Waals surface area contributed by atoms with Gasteiger partial charge in [0, 0.05) is 11.5 Å². The van der Waals surface area contributed by atoms with Crippen LogP contribution in [0.1, 0.15) is 26.2 Å². The van der Waals surface area contributed by atoms with Crippen molar-refractivity contribution in [2.75, 3.05) is 6.61 Å². The zero-order valence-electron chi connectivity index (χ0n) is 8.49. The van der Waals surface area contributed by atoms with Gasteiger partial charge in [-0.3, -0.25) is 0 Å². The normalized spacial score (nSPS) is 18.6. The second kappa shape index (κ2) is 3.52. The van der Waals surface area contributed by atoms with Crippen molar-refractivity contribution < 1.29 is 9.84 Å². The van der Waals surface area contributed by atoms with Gasteiger partial charge in [-0.1, -0.05) is 19.4 Å². The molecule has 1 aromatic rings. The monoisotopic (exact) mass is 192 g/mol. The molecule has 0 radical (unpaired) electrons. The van der Waals surface area contributed by atoms with Gasteiger partial charge in [0.2, 0.25) is 0 Å². The van der Waals surface area contributed by atoms with E-state index in [1.807, 2.05) is 6.07 Å². The van der Waals surface area contributed by atoms with Gasteiger partial charge >= 0.3 is 0 Å². The maximum atomic E-state index is 9.23. The van der Waals surface area contributed by atoms with Crippen molar-refractivity contribution >= 4 is 0 Å². The van der Waals surface area contributed by atoms with Crippen LogP contribution in [0.3, 0.4) is 0 Å². The van der Waals surface area contributed by atoms with E-state index in [1.54, 1.807) is 18.2 Å². The fourth-order valence-electron chi connectivity index (χ4n) is 1.76. The van der Waals surface area contributed by atoms with E-state index in [2.05, 4.69) is 6.92 Å². The molecular weight excluding hydrogens is 176 g/mol. The Labute approximate surface area is 84.5 Å². The molecular formula is C12H16O2. The maximum absolute atomic E-state index is 9.23. The SMILES string of the molecule is CC1(COc2cccc(O)c2)CCC1. The fourth-order valence-corrected chi connectivity index (χ4v) is 1.76. The van der Waals surface area contributed by atoms with E-state index >= 15 is 0 Å². The predicted octanol–water partition coefficient (Wildman–Crippen LogP) is 2.96. The largest absolute Gasteiger partial charge is 0.508 e. The average Bonchev–Trinajstić information content (AvgIpc) is 2.12. The molecule has 1 aliphatic carbocycles. The molecule has 2 nitrogen and oxygen atoms in total. The summed E-state index contributed by atoms with van der Waals surface area (Å²) >= 11 is 0. The highest BCUT2D eigenvalue weighted by molar-refractivity contribution is 5.31. The Kier molecular flexibility index (Phi) is 2.36. The van der Waals surface area contributed by atoms with Crippen molar-refractivity contribution in [2.24, 2.45) is 5.41 Å². The van der Waals surface area contributed by atoms with Gasteiger partial charge in [0.05, 0.1) is 6.61 Å². The van der Waals surface area contributed by atoms with E-state index in [-0.39, 0.29) is 5.75 Å². The molecule has 2 rings (SSSR count). The van der Waals surface area contributed by atoms with Gasteiger partial charge in [-0.05, 0) is 25.0 Å². The molecule has 0 aliphatic heterocycles. The molecule has 0 bridgehead atoms. The lowest BCUT2D eigenvalue weighted by atomic mass is 9.71. The Balaban J connectivity index is 1.91. The van der Waals surface area contributed by atoms with E-state index < -0.39 is 0 Å². The Morgan fingerprint density at radius 1 is 1.43 bits per heavy atom. The molecule has 76 valence electrons. The highest BCUT2D eigenvalue weighted by Crippen LogP contribution is 2.40. The van der Waals surface area contributed by atoms with Crippen molar-refractivity contribution in [1.82, 2.24) is 0 Å². The number of hydrogen-bond donors (Lipinski definition) is 1. The summed E-state index contributed by atoms with van der Waals surface area (Å²) in [5.41, 5.74) is 0.367. The Morgan fingerprint density at radius 3 is 2.79 bits per heavy atom. The number of rotatable bonds is 3. The minimum atomic E-state index is 0.265. The molecule has 0 heterocycles. The van der Waals surface area contributed by atoms with Gasteiger partial charge in [-0.2, -0.15) is 0 Å². The van der Waals surface area contributed by atoms with Crippen molar-refractivity contribution in [3.05, 3.63) is 24.3 Å². The number of aromatic hydroxyl groups is 1. The first kappa shape index (κ1) is 9.38. The van der Waals surface area contributed by atoms with Crippen molar-refractivity contribution in [3.8, 4) is 11.5 Å². The summed E-state index contributed by atoms with van der Waals surface area (Å²) < 4.78 is 5.63. The molecule has 1 saturated carbocycles. The summed E-state index contributed by atoms with van der Waals surface area (Å²) in [6.07, 6.45) is 3.83. The standard InChI is InChI=1S/C12H16O2/c1-12(6-3-7-12)9-14-11-5-2-4-10(13)8-11/h2,4-5,8,13H,3,6-7,9H2,1H3. The van der Waals surface area contributed by atoms with Crippen molar-refractivity contribution in [2.45, 2.75) is 26.2 Å². The van der Waals surface area contributed by atoms with E-state index in [0.29, 0.717) is 5.41 Å². The number of phenols is 1. The number of hydrogen-bond acceptors (Lipinski definition) is 2. The third-order valence-electron chi connectivity index (χ3n) is 2.97. The molecule has 0 atom stereocenters. The first-order valence-electron chi connectivity index (χ1n) is 5.10. The lowest BCUT2D eigenvalue weighted by molar-refractivity contribution is 0.0775. The van der Waals surface area contributed by atoms with Crippen LogP contribution in [-0.2, 0) is 0 Å². The van der Waals surface area contributed by atoms with E-state index in [9.17, 15) is 5.11 Å². The summed E-state index contributed by atoms with van der Waals surface area (Å²) in [4.78, 5) is 0. The minimum absolute atomic E-state index is 0.265. The Morgan fingerprint density at radius 2 is 2.21 bits per heavy atom. The van der Waals surface area contributed by atoms with E-state index in [4.69, 9.17) is 4.74 Å². The summed E-state index contributed by atoms with van der Waals surface area (Å²) in [5, 5.41) is 9.23. The minimum Gasteiger partial charge on any atom is -0.508 e. The summed E-state index contributed by atoms with van der Waals surface area (Å²) in [7, 11) is 0. The molecule has 0 spiro atoms. The highest BCUT2D eigenvalue weighted by atomic mass is 16.5. The smallest absolute Gasteiger partial charge is 0.123 e. The van der Waals surface area contributed by atoms with Crippen LogP contribution in [0, 0.1) is 5.41 Å². The lowest BCUT2D eigenvalue weighted by Gasteiger charge is -2.37. The third-order valence-corrected chi connectivity index (χ3v) is 2.97. The van der Waals surface area contributed by atoms with E-state index in [0.717, 1.165) is 12.4 Å². The molecule has 1 N–H and O–H groups in total. The van der Waals surface area contributed by atoms with Crippen LogP contribution >= 0.6 is 0 Å². The summed E-state index contributed by atoms with van der Waals surface area (Å²) in [6.45, 7) is 3.01. The van der Waals surface area contributed by atoms with Crippen molar-refractivity contribution in [1.29, 1.82) is 0 Å². The van der Waals surface area contributed by atoms with Crippen LogP contribution in [0.4, 0.5) is 0 Å². The third kappa shape index (κ3) is 2.00. The second-order valence-electron chi connectivity index (χ2n) is 4.45.